The number of nitrogens with one attached hydrogen (secondary N) is 1. The number of carboxylic acid groups (broad SMARTS) is 1. The van der Waals surface area contributed by atoms with Crippen LogP contribution in [0.4, 0.5) is 0 Å². The zero-order valence-electron chi connectivity index (χ0n) is 11.5. The van der Waals surface area contributed by atoms with E-state index in [2.05, 4.69) is 5.32 Å². The van der Waals surface area contributed by atoms with E-state index < -0.39 is 12.0 Å². The number of carboxylic acids is 1. The molecule has 0 aliphatic heterocycles. The van der Waals surface area contributed by atoms with Crippen LogP contribution in [0.3, 0.4) is 0 Å². The Balaban J connectivity index is 2.47. The average molecular weight is 263 g/mol. The molecule has 0 heterocycles. The van der Waals surface area contributed by atoms with Gasteiger partial charge in [0.25, 0.3) is 0 Å². The SMILES string of the molecule is CCC[C@H](NC(=O)CCc1ccccc1C)C(=O)O. The molecule has 0 aliphatic rings. The summed E-state index contributed by atoms with van der Waals surface area (Å²) in [6.45, 7) is 3.90. The number of benzene rings is 1. The lowest BCUT2D eigenvalue weighted by atomic mass is 10.0. The van der Waals surface area contributed by atoms with E-state index in [9.17, 15) is 9.59 Å². The van der Waals surface area contributed by atoms with Crippen molar-refractivity contribution in [2.45, 2.75) is 45.6 Å². The maximum atomic E-state index is 11.7. The van der Waals surface area contributed by atoms with Gasteiger partial charge in [-0.05, 0) is 30.9 Å². The Morgan fingerprint density at radius 1 is 1.32 bits per heavy atom. The predicted molar refractivity (Wildman–Crippen MR) is 74.0 cm³/mol. The lowest BCUT2D eigenvalue weighted by Gasteiger charge is -2.13. The predicted octanol–water partition coefficient (Wildman–Crippen LogP) is 2.30. The third kappa shape index (κ3) is 5.12. The maximum absolute atomic E-state index is 11.7. The van der Waals surface area contributed by atoms with Crippen molar-refractivity contribution >= 4 is 11.9 Å². The second-order valence-electron chi connectivity index (χ2n) is 4.67. The van der Waals surface area contributed by atoms with Crippen LogP contribution in [0.25, 0.3) is 0 Å². The molecule has 0 unspecified atom stereocenters. The van der Waals surface area contributed by atoms with E-state index in [4.69, 9.17) is 5.11 Å². The summed E-state index contributed by atoms with van der Waals surface area (Å²) in [6, 6.07) is 7.13. The van der Waals surface area contributed by atoms with Gasteiger partial charge < -0.3 is 10.4 Å². The van der Waals surface area contributed by atoms with Crippen molar-refractivity contribution in [1.29, 1.82) is 0 Å². The molecular weight excluding hydrogens is 242 g/mol. The summed E-state index contributed by atoms with van der Waals surface area (Å²) in [5.74, 6) is -1.17. The van der Waals surface area contributed by atoms with Crippen LogP contribution >= 0.6 is 0 Å². The third-order valence-corrected chi connectivity index (χ3v) is 3.09. The molecule has 1 rings (SSSR count). The van der Waals surface area contributed by atoms with Crippen LogP contribution in [0.2, 0.25) is 0 Å². The first-order valence-electron chi connectivity index (χ1n) is 6.61. The van der Waals surface area contributed by atoms with Gasteiger partial charge in [0.2, 0.25) is 5.91 Å². The molecule has 0 radical (unpaired) electrons. The number of rotatable bonds is 7. The van der Waals surface area contributed by atoms with Gasteiger partial charge in [0.05, 0.1) is 0 Å². The smallest absolute Gasteiger partial charge is 0.326 e. The normalized spacial score (nSPS) is 11.9. The molecule has 0 saturated carbocycles. The van der Waals surface area contributed by atoms with Crippen molar-refractivity contribution in [1.82, 2.24) is 5.32 Å². The van der Waals surface area contributed by atoms with Crippen molar-refractivity contribution in [3.05, 3.63) is 35.4 Å². The quantitative estimate of drug-likeness (QED) is 0.793. The Morgan fingerprint density at radius 3 is 2.58 bits per heavy atom. The highest BCUT2D eigenvalue weighted by atomic mass is 16.4. The van der Waals surface area contributed by atoms with E-state index in [0.717, 1.165) is 17.5 Å². The second-order valence-corrected chi connectivity index (χ2v) is 4.67. The average Bonchev–Trinajstić information content (AvgIpc) is 2.37. The number of carbonyl (C=O) groups is 2. The lowest BCUT2D eigenvalue weighted by Crippen LogP contribution is -2.40. The fourth-order valence-electron chi connectivity index (χ4n) is 1.95. The summed E-state index contributed by atoms with van der Waals surface area (Å²) >= 11 is 0. The first kappa shape index (κ1) is 15.2. The summed E-state index contributed by atoms with van der Waals surface area (Å²) in [4.78, 5) is 22.7. The molecule has 1 atom stereocenters. The molecule has 2 N–H and O–H groups in total. The van der Waals surface area contributed by atoms with Gasteiger partial charge in [-0.3, -0.25) is 4.79 Å². The van der Waals surface area contributed by atoms with E-state index in [-0.39, 0.29) is 5.91 Å². The molecule has 1 amide bonds. The van der Waals surface area contributed by atoms with Crippen molar-refractivity contribution in [2.24, 2.45) is 0 Å². The van der Waals surface area contributed by atoms with E-state index in [1.54, 1.807) is 0 Å². The molecular formula is C15H21NO3. The number of aliphatic carboxylic acids is 1. The largest absolute Gasteiger partial charge is 0.480 e. The molecule has 0 saturated heterocycles. The third-order valence-electron chi connectivity index (χ3n) is 3.09. The topological polar surface area (TPSA) is 66.4 Å². The Kier molecular flexibility index (Phi) is 6.06. The van der Waals surface area contributed by atoms with E-state index in [1.807, 2.05) is 38.1 Å². The first-order valence-corrected chi connectivity index (χ1v) is 6.61. The highest BCUT2D eigenvalue weighted by Crippen LogP contribution is 2.09. The highest BCUT2D eigenvalue weighted by molar-refractivity contribution is 5.83. The van der Waals surface area contributed by atoms with Gasteiger partial charge in [-0.2, -0.15) is 0 Å². The Hall–Kier alpha value is -1.84. The van der Waals surface area contributed by atoms with Gasteiger partial charge >= 0.3 is 5.97 Å². The number of amides is 1. The molecule has 19 heavy (non-hydrogen) atoms. The van der Waals surface area contributed by atoms with Gasteiger partial charge in [-0.1, -0.05) is 37.6 Å². The minimum Gasteiger partial charge on any atom is -0.480 e. The summed E-state index contributed by atoms with van der Waals surface area (Å²) in [7, 11) is 0. The Labute approximate surface area is 113 Å². The van der Waals surface area contributed by atoms with Crippen LogP contribution in [-0.2, 0) is 16.0 Å². The molecule has 1 aromatic carbocycles. The second kappa shape index (κ2) is 7.56. The van der Waals surface area contributed by atoms with E-state index in [0.29, 0.717) is 19.3 Å². The molecule has 0 aliphatic carbocycles. The van der Waals surface area contributed by atoms with Crippen LogP contribution in [0.15, 0.2) is 24.3 Å². The molecule has 0 fully saturated rings. The molecule has 0 bridgehead atoms. The van der Waals surface area contributed by atoms with Crippen molar-refractivity contribution < 1.29 is 14.7 Å². The first-order chi connectivity index (χ1) is 9.04. The van der Waals surface area contributed by atoms with Crippen LogP contribution in [0.5, 0.6) is 0 Å². The molecule has 104 valence electrons. The summed E-state index contributed by atoms with van der Waals surface area (Å²) in [5, 5.41) is 11.5. The van der Waals surface area contributed by atoms with Gasteiger partial charge in [0.1, 0.15) is 6.04 Å². The fraction of sp³-hybridized carbons (Fsp3) is 0.467. The highest BCUT2D eigenvalue weighted by Gasteiger charge is 2.18. The zero-order chi connectivity index (χ0) is 14.3. The zero-order valence-corrected chi connectivity index (χ0v) is 11.5. The van der Waals surface area contributed by atoms with Gasteiger partial charge in [0.15, 0.2) is 0 Å². The van der Waals surface area contributed by atoms with Crippen LogP contribution in [0.1, 0.15) is 37.3 Å². The van der Waals surface area contributed by atoms with Crippen LogP contribution in [-0.4, -0.2) is 23.0 Å². The number of hydrogen-bond acceptors (Lipinski definition) is 2. The summed E-state index contributed by atoms with van der Waals surface area (Å²) in [6.07, 6.45) is 2.15. The Morgan fingerprint density at radius 2 is 2.00 bits per heavy atom. The molecule has 4 nitrogen and oxygen atoms in total. The summed E-state index contributed by atoms with van der Waals surface area (Å²) in [5.41, 5.74) is 2.28. The molecule has 0 spiro atoms. The van der Waals surface area contributed by atoms with Gasteiger partial charge in [-0.25, -0.2) is 4.79 Å². The minimum atomic E-state index is -0.967. The molecule has 4 heteroatoms. The number of hydrogen-bond donors (Lipinski definition) is 2. The monoisotopic (exact) mass is 263 g/mol. The molecule has 1 aromatic rings. The van der Waals surface area contributed by atoms with Gasteiger partial charge in [0, 0.05) is 6.42 Å². The van der Waals surface area contributed by atoms with E-state index >= 15 is 0 Å². The van der Waals surface area contributed by atoms with Crippen molar-refractivity contribution in [3.63, 3.8) is 0 Å². The number of aryl methyl sites for hydroxylation is 2. The minimum absolute atomic E-state index is 0.205. The maximum Gasteiger partial charge on any atom is 0.326 e. The van der Waals surface area contributed by atoms with Crippen molar-refractivity contribution in [2.75, 3.05) is 0 Å². The van der Waals surface area contributed by atoms with Gasteiger partial charge in [-0.15, -0.1) is 0 Å². The van der Waals surface area contributed by atoms with E-state index in [1.165, 1.54) is 0 Å². The number of carbonyl (C=O) groups excluding carboxylic acids is 1. The molecule has 0 aromatic heterocycles. The lowest BCUT2D eigenvalue weighted by molar-refractivity contribution is -0.142. The summed E-state index contributed by atoms with van der Waals surface area (Å²) < 4.78 is 0. The van der Waals surface area contributed by atoms with Crippen LogP contribution < -0.4 is 5.32 Å². The Bertz CT molecular complexity index is 443. The van der Waals surface area contributed by atoms with Crippen LogP contribution in [0, 0.1) is 6.92 Å². The fourth-order valence-corrected chi connectivity index (χ4v) is 1.95. The van der Waals surface area contributed by atoms with Crippen molar-refractivity contribution in [3.8, 4) is 0 Å². The standard InChI is InChI=1S/C15H21NO3/c1-3-6-13(15(18)19)16-14(17)10-9-12-8-5-4-7-11(12)2/h4-5,7-8,13H,3,6,9-10H2,1-2H3,(H,16,17)(H,18,19)/t13-/m0/s1.